The third kappa shape index (κ3) is 5.35. The molecule has 1 aromatic heterocycles. The first-order valence-corrected chi connectivity index (χ1v) is 11.4. The summed E-state index contributed by atoms with van der Waals surface area (Å²) in [6.07, 6.45) is 2.55. The van der Waals surface area contributed by atoms with Gasteiger partial charge in [0.1, 0.15) is 17.5 Å². The van der Waals surface area contributed by atoms with Gasteiger partial charge in [-0.15, -0.1) is 0 Å². The van der Waals surface area contributed by atoms with E-state index in [0.717, 1.165) is 5.39 Å². The second-order valence-electron chi connectivity index (χ2n) is 8.06. The summed E-state index contributed by atoms with van der Waals surface area (Å²) in [7, 11) is -3.47. The molecule has 9 heteroatoms. The second-order valence-corrected chi connectivity index (χ2v) is 10.2. The predicted octanol–water partition coefficient (Wildman–Crippen LogP) is 3.20. The van der Waals surface area contributed by atoms with Crippen molar-refractivity contribution in [3.05, 3.63) is 24.4 Å². The fourth-order valence-corrected chi connectivity index (χ4v) is 3.72. The van der Waals surface area contributed by atoms with Gasteiger partial charge in [0.25, 0.3) is 0 Å². The van der Waals surface area contributed by atoms with Gasteiger partial charge in [-0.05, 0) is 32.9 Å². The van der Waals surface area contributed by atoms with E-state index in [2.05, 4.69) is 9.97 Å². The van der Waals surface area contributed by atoms with E-state index in [1.165, 1.54) is 6.20 Å². The van der Waals surface area contributed by atoms with Crippen molar-refractivity contribution in [2.75, 3.05) is 18.8 Å². The summed E-state index contributed by atoms with van der Waals surface area (Å²) >= 11 is 0. The normalized spacial score (nSPS) is 16.1. The molecule has 0 radical (unpaired) electrons. The third-order valence-electron chi connectivity index (χ3n) is 4.59. The summed E-state index contributed by atoms with van der Waals surface area (Å²) < 4.78 is 35.5. The van der Waals surface area contributed by atoms with Gasteiger partial charge in [-0.2, -0.15) is 0 Å². The summed E-state index contributed by atoms with van der Waals surface area (Å²) in [6.45, 7) is 8.23. The first kappa shape index (κ1) is 21.3. The van der Waals surface area contributed by atoms with Crippen LogP contribution in [0.3, 0.4) is 0 Å². The Morgan fingerprint density at radius 2 is 1.93 bits per heavy atom. The Kier molecular flexibility index (Phi) is 5.97. The van der Waals surface area contributed by atoms with Gasteiger partial charge in [0.2, 0.25) is 15.0 Å². The zero-order valence-electron chi connectivity index (χ0n) is 17.2. The van der Waals surface area contributed by atoms with E-state index in [9.17, 15) is 13.2 Å². The molecule has 1 aliphatic heterocycles. The summed E-state index contributed by atoms with van der Waals surface area (Å²) in [6, 6.07) is 5.36. The van der Waals surface area contributed by atoms with E-state index in [0.29, 0.717) is 37.2 Å². The number of aromatic nitrogens is 2. The van der Waals surface area contributed by atoms with E-state index in [1.807, 2.05) is 32.9 Å². The molecule has 0 saturated carbocycles. The minimum absolute atomic E-state index is 0.0354. The van der Waals surface area contributed by atoms with Crippen molar-refractivity contribution in [2.24, 2.45) is 0 Å². The van der Waals surface area contributed by atoms with Crippen molar-refractivity contribution < 1.29 is 22.7 Å². The lowest BCUT2D eigenvalue weighted by molar-refractivity contribution is 0.0127. The Hall–Kier alpha value is -2.42. The molecular weight excluding hydrogens is 394 g/mol. The van der Waals surface area contributed by atoms with Crippen molar-refractivity contribution in [2.45, 2.75) is 57.4 Å². The van der Waals surface area contributed by atoms with Gasteiger partial charge >= 0.3 is 6.09 Å². The fraction of sp³-hybridized carbons (Fsp3) is 0.550. The Labute approximate surface area is 171 Å². The number of ether oxygens (including phenoxy) is 2. The number of hydrogen-bond donors (Lipinski definition) is 0. The topological polar surface area (TPSA) is 98.7 Å². The number of likely N-dealkylation sites (tertiary alicyclic amines) is 1. The van der Waals surface area contributed by atoms with Crippen molar-refractivity contribution in [3.63, 3.8) is 0 Å². The molecule has 29 heavy (non-hydrogen) atoms. The molecule has 0 aliphatic carbocycles. The Morgan fingerprint density at radius 1 is 1.24 bits per heavy atom. The van der Waals surface area contributed by atoms with Crippen LogP contribution in [-0.2, 0) is 14.6 Å². The molecule has 1 amide bonds. The molecule has 8 nitrogen and oxygen atoms in total. The number of fused-ring (bicyclic) bond motifs is 1. The Balaban J connectivity index is 1.66. The molecule has 2 heterocycles. The van der Waals surface area contributed by atoms with Gasteiger partial charge in [0.15, 0.2) is 0 Å². The summed E-state index contributed by atoms with van der Waals surface area (Å²) in [5.41, 5.74) is 0.0114. The van der Waals surface area contributed by atoms with Crippen LogP contribution in [0.15, 0.2) is 29.6 Å². The average Bonchev–Trinajstić information content (AvgIpc) is 2.66. The minimum atomic E-state index is -3.47. The number of amides is 1. The van der Waals surface area contributed by atoms with Crippen LogP contribution in [0.2, 0.25) is 0 Å². The highest BCUT2D eigenvalue weighted by molar-refractivity contribution is 7.91. The van der Waals surface area contributed by atoms with Crippen LogP contribution >= 0.6 is 0 Å². The molecule has 0 spiro atoms. The van der Waals surface area contributed by atoms with Crippen molar-refractivity contribution in [1.29, 1.82) is 0 Å². The molecule has 2 aromatic rings. The van der Waals surface area contributed by atoms with Gasteiger partial charge in [-0.1, -0.05) is 6.92 Å². The molecule has 0 bridgehead atoms. The summed E-state index contributed by atoms with van der Waals surface area (Å²) in [4.78, 5) is 22.0. The summed E-state index contributed by atoms with van der Waals surface area (Å²) in [5, 5.41) is 0.572. The largest absolute Gasteiger partial charge is 0.490 e. The lowest BCUT2D eigenvalue weighted by atomic mass is 10.1. The molecule has 1 aliphatic rings. The molecule has 1 fully saturated rings. The van der Waals surface area contributed by atoms with Gasteiger partial charge in [-0.25, -0.2) is 23.2 Å². The first-order chi connectivity index (χ1) is 13.6. The number of hydrogen-bond acceptors (Lipinski definition) is 7. The molecule has 158 valence electrons. The van der Waals surface area contributed by atoms with E-state index < -0.39 is 15.4 Å². The zero-order chi connectivity index (χ0) is 21.2. The molecule has 0 N–H and O–H groups in total. The van der Waals surface area contributed by atoms with E-state index in [-0.39, 0.29) is 23.1 Å². The molecule has 3 rings (SSSR count). The molecule has 1 saturated heterocycles. The number of carbonyl (C=O) groups excluding carboxylic acids is 1. The van der Waals surface area contributed by atoms with Crippen LogP contribution in [-0.4, -0.2) is 59.9 Å². The number of carbonyl (C=O) groups is 1. The third-order valence-corrected chi connectivity index (χ3v) is 6.10. The number of sulfone groups is 1. The first-order valence-electron chi connectivity index (χ1n) is 9.71. The SMILES string of the molecule is CCS(=O)(=O)c1ncc2ccc(OC3CCN(C(=O)OC(C)(C)C)CC3)cc2n1. The Morgan fingerprint density at radius 3 is 2.55 bits per heavy atom. The highest BCUT2D eigenvalue weighted by Crippen LogP contribution is 2.24. The van der Waals surface area contributed by atoms with Crippen molar-refractivity contribution >= 4 is 26.8 Å². The number of piperidine rings is 1. The number of rotatable bonds is 4. The van der Waals surface area contributed by atoms with E-state index in [4.69, 9.17) is 9.47 Å². The van der Waals surface area contributed by atoms with Gasteiger partial charge < -0.3 is 14.4 Å². The van der Waals surface area contributed by atoms with Gasteiger partial charge in [-0.3, -0.25) is 0 Å². The zero-order valence-corrected chi connectivity index (χ0v) is 18.0. The van der Waals surface area contributed by atoms with E-state index in [1.54, 1.807) is 17.9 Å². The molecule has 0 unspecified atom stereocenters. The van der Waals surface area contributed by atoms with Crippen LogP contribution in [0.4, 0.5) is 4.79 Å². The van der Waals surface area contributed by atoms with Crippen LogP contribution < -0.4 is 4.74 Å². The van der Waals surface area contributed by atoms with Crippen LogP contribution in [0.1, 0.15) is 40.5 Å². The predicted molar refractivity (Wildman–Crippen MR) is 109 cm³/mol. The number of nitrogens with zero attached hydrogens (tertiary/aromatic N) is 3. The van der Waals surface area contributed by atoms with Crippen LogP contribution in [0.5, 0.6) is 5.75 Å². The maximum Gasteiger partial charge on any atom is 0.410 e. The quantitative estimate of drug-likeness (QED) is 0.699. The van der Waals surface area contributed by atoms with Crippen LogP contribution in [0.25, 0.3) is 10.9 Å². The van der Waals surface area contributed by atoms with Gasteiger partial charge in [0, 0.05) is 43.6 Å². The number of benzene rings is 1. The Bertz CT molecular complexity index is 993. The highest BCUT2D eigenvalue weighted by Gasteiger charge is 2.27. The van der Waals surface area contributed by atoms with E-state index >= 15 is 0 Å². The second kappa shape index (κ2) is 8.14. The lowest BCUT2D eigenvalue weighted by Gasteiger charge is -2.33. The maximum atomic E-state index is 12.2. The molecule has 1 aromatic carbocycles. The summed E-state index contributed by atoms with van der Waals surface area (Å²) in [5.74, 6) is 0.567. The van der Waals surface area contributed by atoms with Crippen LogP contribution in [0, 0.1) is 0 Å². The smallest absolute Gasteiger partial charge is 0.410 e. The molecule has 0 atom stereocenters. The van der Waals surface area contributed by atoms with Gasteiger partial charge in [0.05, 0.1) is 11.3 Å². The monoisotopic (exact) mass is 421 g/mol. The lowest BCUT2D eigenvalue weighted by Crippen LogP contribution is -2.44. The highest BCUT2D eigenvalue weighted by atomic mass is 32.2. The minimum Gasteiger partial charge on any atom is -0.490 e. The molecular formula is C20H27N3O5S. The maximum absolute atomic E-state index is 12.2. The van der Waals surface area contributed by atoms with Crippen molar-refractivity contribution in [3.8, 4) is 5.75 Å². The fourth-order valence-electron chi connectivity index (χ4n) is 3.01. The average molecular weight is 422 g/mol. The van der Waals surface area contributed by atoms with Crippen molar-refractivity contribution in [1.82, 2.24) is 14.9 Å². The standard InChI is InChI=1S/C20H27N3O5S/c1-5-29(25,26)18-21-13-14-6-7-16(12-17(14)22-18)27-15-8-10-23(11-9-15)19(24)28-20(2,3)4/h6-7,12-13,15H,5,8-11H2,1-4H3.